The summed E-state index contributed by atoms with van der Waals surface area (Å²) in [5, 5.41) is 6.66. The van der Waals surface area contributed by atoms with Crippen LogP contribution in [0.2, 0.25) is 0 Å². The Morgan fingerprint density at radius 2 is 1.20 bits per heavy atom. The van der Waals surface area contributed by atoms with Crippen molar-refractivity contribution in [3.8, 4) is 28.4 Å². The van der Waals surface area contributed by atoms with E-state index in [0.717, 1.165) is 72.9 Å². The number of rotatable bonds is 16. The Hall–Kier alpha value is -6.24. The van der Waals surface area contributed by atoms with E-state index >= 15 is 0 Å². The number of aldehydes is 1. The van der Waals surface area contributed by atoms with Crippen LogP contribution in [0.3, 0.4) is 0 Å². The van der Waals surface area contributed by atoms with E-state index in [4.69, 9.17) is 18.9 Å². The van der Waals surface area contributed by atoms with Crippen LogP contribution >= 0.6 is 0 Å². The number of carbonyl (C=O) groups is 2. The quantitative estimate of drug-likeness (QED) is 0.0558. The van der Waals surface area contributed by atoms with E-state index in [-0.39, 0.29) is 5.78 Å². The van der Waals surface area contributed by atoms with E-state index in [1.54, 1.807) is 14.2 Å². The SMILES string of the molecule is C=CC(=O)CCCOc1ccc2cc(C3(c4ccc5cc(OCCCC=O)ccc5c4)c4cc(OC)c(COC)cc4-c4cc5ccccc5cc43)ccc2c1. The predicted molar refractivity (Wildman–Crippen MR) is 224 cm³/mol. The minimum atomic E-state index is -0.715. The van der Waals surface area contributed by atoms with E-state index < -0.39 is 5.41 Å². The van der Waals surface area contributed by atoms with Gasteiger partial charge in [-0.1, -0.05) is 67.2 Å². The summed E-state index contributed by atoms with van der Waals surface area (Å²) in [7, 11) is 3.44. The van der Waals surface area contributed by atoms with Crippen LogP contribution in [0.1, 0.15) is 53.5 Å². The number of ether oxygens (including phenoxy) is 4. The molecular weight excluding hydrogens is 697 g/mol. The van der Waals surface area contributed by atoms with Crippen molar-refractivity contribution in [2.75, 3.05) is 27.4 Å². The number of allylic oxidation sites excluding steroid dienone is 1. The van der Waals surface area contributed by atoms with Gasteiger partial charge in [0.15, 0.2) is 5.78 Å². The molecule has 1 aliphatic carbocycles. The summed E-state index contributed by atoms with van der Waals surface area (Å²) in [6.07, 6.45) is 4.52. The van der Waals surface area contributed by atoms with E-state index in [9.17, 15) is 9.59 Å². The van der Waals surface area contributed by atoms with Gasteiger partial charge >= 0.3 is 0 Å². The summed E-state index contributed by atoms with van der Waals surface area (Å²) in [5.41, 5.74) is 7.21. The maximum absolute atomic E-state index is 11.7. The molecule has 0 saturated carbocycles. The second-order valence-electron chi connectivity index (χ2n) is 14.4. The first-order chi connectivity index (χ1) is 27.5. The van der Waals surface area contributed by atoms with E-state index in [1.165, 1.54) is 28.0 Å². The molecule has 8 rings (SSSR count). The number of hydrogen-bond donors (Lipinski definition) is 0. The van der Waals surface area contributed by atoms with Crippen LogP contribution in [0.4, 0.5) is 0 Å². The van der Waals surface area contributed by atoms with Crippen LogP contribution in [0.25, 0.3) is 43.4 Å². The van der Waals surface area contributed by atoms with E-state index in [1.807, 2.05) is 12.1 Å². The first kappa shape index (κ1) is 36.7. The number of methoxy groups -OCH3 is 2. The minimum absolute atomic E-state index is 0.0248. The number of unbranched alkanes of at least 4 members (excludes halogenated alkanes) is 1. The fourth-order valence-electron chi connectivity index (χ4n) is 8.31. The molecule has 280 valence electrons. The molecule has 6 nitrogen and oxygen atoms in total. The molecule has 1 unspecified atom stereocenters. The fourth-order valence-corrected chi connectivity index (χ4v) is 8.31. The zero-order chi connectivity index (χ0) is 38.6. The lowest BCUT2D eigenvalue weighted by Gasteiger charge is -2.35. The van der Waals surface area contributed by atoms with Gasteiger partial charge < -0.3 is 23.7 Å². The highest BCUT2D eigenvalue weighted by Crippen LogP contribution is 2.58. The van der Waals surface area contributed by atoms with Gasteiger partial charge in [0.1, 0.15) is 23.5 Å². The lowest BCUT2D eigenvalue weighted by Crippen LogP contribution is -2.28. The van der Waals surface area contributed by atoms with Crippen molar-refractivity contribution in [2.45, 2.75) is 37.7 Å². The topological polar surface area (TPSA) is 71.1 Å². The molecule has 56 heavy (non-hydrogen) atoms. The van der Waals surface area contributed by atoms with Gasteiger partial charge in [0.25, 0.3) is 0 Å². The molecule has 0 aliphatic heterocycles. The Morgan fingerprint density at radius 3 is 1.80 bits per heavy atom. The first-order valence-corrected chi connectivity index (χ1v) is 19.1. The molecule has 0 amide bonds. The molecule has 0 fully saturated rings. The zero-order valence-electron chi connectivity index (χ0n) is 31.8. The summed E-state index contributed by atoms with van der Waals surface area (Å²) in [6.45, 7) is 4.94. The Labute approximate surface area is 327 Å². The molecule has 6 heteroatoms. The molecule has 0 radical (unpaired) electrons. The molecule has 7 aromatic rings. The van der Waals surface area contributed by atoms with Gasteiger partial charge in [0, 0.05) is 25.5 Å². The Bertz CT molecular complexity index is 2620. The third-order valence-electron chi connectivity index (χ3n) is 11.0. The maximum Gasteiger partial charge on any atom is 0.155 e. The largest absolute Gasteiger partial charge is 0.496 e. The second kappa shape index (κ2) is 15.9. The van der Waals surface area contributed by atoms with Crippen LogP contribution in [-0.2, 0) is 26.3 Å². The highest BCUT2D eigenvalue weighted by Gasteiger charge is 2.47. The summed E-state index contributed by atoms with van der Waals surface area (Å²) >= 11 is 0. The molecule has 0 saturated heterocycles. The van der Waals surface area contributed by atoms with Gasteiger partial charge in [-0.15, -0.1) is 0 Å². The van der Waals surface area contributed by atoms with Gasteiger partial charge in [-0.3, -0.25) is 4.79 Å². The summed E-state index contributed by atoms with van der Waals surface area (Å²) in [4.78, 5) is 22.5. The molecule has 0 spiro atoms. The maximum atomic E-state index is 11.7. The summed E-state index contributed by atoms with van der Waals surface area (Å²) < 4.78 is 23.8. The van der Waals surface area contributed by atoms with Crippen LogP contribution < -0.4 is 14.2 Å². The Kier molecular flexibility index (Phi) is 10.4. The van der Waals surface area contributed by atoms with Crippen molar-refractivity contribution < 1.29 is 28.5 Å². The van der Waals surface area contributed by atoms with Crippen LogP contribution in [-0.4, -0.2) is 39.5 Å². The number of hydrogen-bond acceptors (Lipinski definition) is 6. The standard InChI is InChI=1S/C50H44O6/c1-4-42(52)12-9-23-56-44-20-16-36-25-41(18-14-38(36)27-44)50(40-17-13-37-26-43(19-15-35(37)24-40)55-22-8-7-21-51)47-30-34-11-6-5-10-33(34)28-45(47)46-29-39(32-53-2)49(54-3)31-48(46)50/h4-6,10-11,13-21,24-31H,1,7-9,12,22-23,32H2,2-3H3. The summed E-state index contributed by atoms with van der Waals surface area (Å²) in [5.74, 6) is 2.36. The lowest BCUT2D eigenvalue weighted by atomic mass is 9.67. The van der Waals surface area contributed by atoms with Gasteiger partial charge in [-0.2, -0.15) is 0 Å². The third-order valence-corrected chi connectivity index (χ3v) is 11.0. The monoisotopic (exact) mass is 740 g/mol. The number of carbonyl (C=O) groups excluding carboxylic acids is 2. The third kappa shape index (κ3) is 6.71. The minimum Gasteiger partial charge on any atom is -0.496 e. The summed E-state index contributed by atoms with van der Waals surface area (Å²) in [6, 6.07) is 43.6. The average Bonchev–Trinajstić information content (AvgIpc) is 3.50. The highest BCUT2D eigenvalue weighted by atomic mass is 16.5. The van der Waals surface area contributed by atoms with Crippen LogP contribution in [0, 0.1) is 0 Å². The predicted octanol–water partition coefficient (Wildman–Crippen LogP) is 10.9. The first-order valence-electron chi connectivity index (χ1n) is 19.1. The van der Waals surface area contributed by atoms with E-state index in [0.29, 0.717) is 45.5 Å². The van der Waals surface area contributed by atoms with Gasteiger partial charge in [-0.25, -0.2) is 0 Å². The number of fused-ring (bicyclic) bond motifs is 6. The van der Waals surface area contributed by atoms with Crippen LogP contribution in [0.15, 0.2) is 134 Å². The normalized spacial score (nSPS) is 14.4. The Balaban J connectivity index is 1.33. The average molecular weight is 741 g/mol. The van der Waals surface area contributed by atoms with Crippen molar-refractivity contribution in [3.05, 3.63) is 162 Å². The lowest BCUT2D eigenvalue weighted by molar-refractivity contribution is -0.114. The van der Waals surface area contributed by atoms with Crippen LogP contribution in [0.5, 0.6) is 17.2 Å². The van der Waals surface area contributed by atoms with E-state index in [2.05, 4.69) is 116 Å². The second-order valence-corrected chi connectivity index (χ2v) is 14.4. The molecule has 0 aromatic heterocycles. The Morgan fingerprint density at radius 1 is 0.643 bits per heavy atom. The number of ketones is 1. The van der Waals surface area contributed by atoms with Crippen molar-refractivity contribution in [2.24, 2.45) is 0 Å². The molecule has 1 aliphatic rings. The van der Waals surface area contributed by atoms with Gasteiger partial charge in [0.2, 0.25) is 0 Å². The molecule has 0 bridgehead atoms. The van der Waals surface area contributed by atoms with Gasteiger partial charge in [0.05, 0.1) is 32.3 Å². The molecule has 0 heterocycles. The molecule has 0 N–H and O–H groups in total. The molecular formula is C50H44O6. The van der Waals surface area contributed by atoms with Gasteiger partial charge in [-0.05, 0) is 145 Å². The smallest absolute Gasteiger partial charge is 0.155 e. The van der Waals surface area contributed by atoms with Crippen molar-refractivity contribution in [1.29, 1.82) is 0 Å². The molecule has 7 aromatic carbocycles. The number of benzene rings is 7. The zero-order valence-corrected chi connectivity index (χ0v) is 31.8. The molecule has 1 atom stereocenters. The fraction of sp³-hybridized carbons (Fsp3) is 0.200. The van der Waals surface area contributed by atoms with Crippen molar-refractivity contribution >= 4 is 44.4 Å². The van der Waals surface area contributed by atoms with Crippen molar-refractivity contribution in [3.63, 3.8) is 0 Å². The van der Waals surface area contributed by atoms with Crippen molar-refractivity contribution in [1.82, 2.24) is 0 Å². The highest BCUT2D eigenvalue weighted by molar-refractivity contribution is 5.98.